The molecule has 3 N–H and O–H groups in total. The number of rotatable bonds is 9. The summed E-state index contributed by atoms with van der Waals surface area (Å²) in [5.74, 6) is -1.81. The van der Waals surface area contributed by atoms with Crippen molar-refractivity contribution in [2.24, 2.45) is 5.92 Å². The van der Waals surface area contributed by atoms with Gasteiger partial charge in [-0.25, -0.2) is 13.4 Å². The maximum atomic E-state index is 12.7. The maximum Gasteiger partial charge on any atom is 0.315 e. The number of nitro benzene ring substituents is 1. The molecule has 3 aromatic rings. The van der Waals surface area contributed by atoms with E-state index in [4.69, 9.17) is 4.74 Å². The fraction of sp³-hybridized carbons (Fsp3) is 0.192. The number of carbonyl (C=O) groups is 1. The Kier molecular flexibility index (Phi) is 7.74. The summed E-state index contributed by atoms with van der Waals surface area (Å²) in [5.41, 5.74) is -0.381. The van der Waals surface area contributed by atoms with Crippen LogP contribution in [0.15, 0.2) is 90.0 Å². The molecule has 0 spiro atoms. The van der Waals surface area contributed by atoms with E-state index in [0.717, 1.165) is 35.4 Å². The first kappa shape index (κ1) is 27.4. The molecule has 0 fully saturated rings. The Balaban J connectivity index is 1.54. The number of hydrogen-bond acceptors (Lipinski definition) is 10. The molecule has 4 rings (SSSR count). The number of nitrogens with zero attached hydrogens (tertiary/aromatic N) is 3. The fourth-order valence-electron chi connectivity index (χ4n) is 4.05. The van der Waals surface area contributed by atoms with Gasteiger partial charge in [-0.3, -0.25) is 19.6 Å². The molecule has 12 nitrogen and oxygen atoms in total. The second kappa shape index (κ2) is 11.0. The molecule has 2 unspecified atom stereocenters. The van der Waals surface area contributed by atoms with E-state index in [2.05, 4.69) is 20.0 Å². The number of sulfonamides is 1. The summed E-state index contributed by atoms with van der Waals surface area (Å²) in [7, 11) is -2.87. The predicted octanol–water partition coefficient (Wildman–Crippen LogP) is 3.16. The highest BCUT2D eigenvalue weighted by Gasteiger charge is 2.45. The minimum Gasteiger partial charge on any atom is -0.468 e. The minimum absolute atomic E-state index is 0.0188. The molecule has 3 atom stereocenters. The van der Waals surface area contributed by atoms with Crippen LogP contribution in [0.25, 0.3) is 5.57 Å². The van der Waals surface area contributed by atoms with E-state index in [9.17, 15) is 28.4 Å². The van der Waals surface area contributed by atoms with Gasteiger partial charge in [0.2, 0.25) is 5.95 Å². The van der Waals surface area contributed by atoms with E-state index in [0.29, 0.717) is 0 Å². The van der Waals surface area contributed by atoms with Crippen molar-refractivity contribution in [2.75, 3.05) is 17.1 Å². The predicted molar refractivity (Wildman–Crippen MR) is 143 cm³/mol. The average Bonchev–Trinajstić information content (AvgIpc) is 2.93. The standard InChI is InChI=1S/C26H25N5O7S/c1-17(26(33)14-12-19(16-22(26)24(32)38-2)18-6-4-3-5-7-18)28-25-27-15-13-23(29-25)30-39(36,37)21-10-8-20(9-11-21)31(34)35/h3-17,22,33H,1-2H3,(H2,27,28,29,30)/t17?,22-,26?/m1/s1. The first-order valence-corrected chi connectivity index (χ1v) is 13.2. The van der Waals surface area contributed by atoms with Crippen LogP contribution in [0.3, 0.4) is 0 Å². The Labute approximate surface area is 224 Å². The van der Waals surface area contributed by atoms with E-state index in [1.54, 1.807) is 19.1 Å². The first-order valence-electron chi connectivity index (χ1n) is 11.7. The van der Waals surface area contributed by atoms with Crippen LogP contribution >= 0.6 is 0 Å². The number of non-ortho nitro benzene ring substituents is 1. The highest BCUT2D eigenvalue weighted by atomic mass is 32.2. The second-order valence-corrected chi connectivity index (χ2v) is 10.4. The summed E-state index contributed by atoms with van der Waals surface area (Å²) in [4.78, 5) is 30.9. The number of nitrogens with one attached hydrogen (secondary N) is 2. The summed E-state index contributed by atoms with van der Waals surface area (Å²) < 4.78 is 32.7. The van der Waals surface area contributed by atoms with Crippen LogP contribution in [0.4, 0.5) is 17.5 Å². The van der Waals surface area contributed by atoms with Crippen LogP contribution in [0.5, 0.6) is 0 Å². The van der Waals surface area contributed by atoms with E-state index >= 15 is 0 Å². The lowest BCUT2D eigenvalue weighted by atomic mass is 9.76. The normalized spacial score (nSPS) is 19.5. The van der Waals surface area contributed by atoms with Crippen LogP contribution in [-0.2, 0) is 19.6 Å². The van der Waals surface area contributed by atoms with Crippen LogP contribution in [-0.4, -0.2) is 53.1 Å². The molecule has 13 heteroatoms. The zero-order valence-corrected chi connectivity index (χ0v) is 21.7. The Morgan fingerprint density at radius 3 is 2.49 bits per heavy atom. The number of nitro groups is 1. The summed E-state index contributed by atoms with van der Waals surface area (Å²) >= 11 is 0. The number of allylic oxidation sites excluding steroid dienone is 2. The maximum absolute atomic E-state index is 12.7. The minimum atomic E-state index is -4.11. The molecule has 0 aliphatic heterocycles. The number of ether oxygens (including phenoxy) is 1. The zero-order valence-electron chi connectivity index (χ0n) is 20.9. The van der Waals surface area contributed by atoms with Crippen LogP contribution < -0.4 is 10.0 Å². The monoisotopic (exact) mass is 551 g/mol. The van der Waals surface area contributed by atoms with E-state index in [1.165, 1.54) is 25.4 Å². The largest absolute Gasteiger partial charge is 0.468 e. The van der Waals surface area contributed by atoms with Gasteiger partial charge in [0.05, 0.1) is 23.0 Å². The lowest BCUT2D eigenvalue weighted by Gasteiger charge is -2.38. The van der Waals surface area contributed by atoms with Gasteiger partial charge in [-0.15, -0.1) is 0 Å². The lowest BCUT2D eigenvalue weighted by molar-refractivity contribution is -0.384. The highest BCUT2D eigenvalue weighted by molar-refractivity contribution is 7.92. The third-order valence-electron chi connectivity index (χ3n) is 6.23. The molecule has 0 amide bonds. The zero-order chi connectivity index (χ0) is 28.2. The number of methoxy groups -OCH3 is 1. The van der Waals surface area contributed by atoms with Crippen LogP contribution in [0.1, 0.15) is 12.5 Å². The molecule has 1 aliphatic carbocycles. The van der Waals surface area contributed by atoms with Crippen molar-refractivity contribution in [3.8, 4) is 0 Å². The van der Waals surface area contributed by atoms with E-state index < -0.39 is 38.5 Å². The number of benzene rings is 2. The Morgan fingerprint density at radius 1 is 1.15 bits per heavy atom. The number of aliphatic hydroxyl groups is 1. The number of esters is 1. The molecule has 1 aliphatic rings. The van der Waals surface area contributed by atoms with Gasteiger partial charge in [-0.2, -0.15) is 4.98 Å². The van der Waals surface area contributed by atoms with Gasteiger partial charge in [0.25, 0.3) is 15.7 Å². The Morgan fingerprint density at radius 2 is 1.85 bits per heavy atom. The van der Waals surface area contributed by atoms with Crippen molar-refractivity contribution in [2.45, 2.75) is 23.5 Å². The molecular weight excluding hydrogens is 526 g/mol. The van der Waals surface area contributed by atoms with Crippen molar-refractivity contribution < 1.29 is 28.0 Å². The first-order chi connectivity index (χ1) is 18.5. The van der Waals surface area contributed by atoms with Crippen LogP contribution in [0.2, 0.25) is 0 Å². The number of aromatic nitrogens is 2. The topological polar surface area (TPSA) is 174 Å². The second-order valence-electron chi connectivity index (χ2n) is 8.70. The van der Waals surface area contributed by atoms with Gasteiger partial charge in [0.1, 0.15) is 17.3 Å². The van der Waals surface area contributed by atoms with Crippen molar-refractivity contribution >= 4 is 39.0 Å². The number of hydrogen-bond donors (Lipinski definition) is 3. The summed E-state index contributed by atoms with van der Waals surface area (Å²) in [6.45, 7) is 1.62. The van der Waals surface area contributed by atoms with Gasteiger partial charge >= 0.3 is 5.97 Å². The molecule has 1 heterocycles. The molecule has 0 saturated heterocycles. The van der Waals surface area contributed by atoms with E-state index in [1.807, 2.05) is 30.3 Å². The Hall–Kier alpha value is -4.62. The van der Waals surface area contributed by atoms with E-state index in [-0.39, 0.29) is 22.3 Å². The molecule has 0 saturated carbocycles. The third-order valence-corrected chi connectivity index (χ3v) is 7.60. The van der Waals surface area contributed by atoms with Gasteiger partial charge in [-0.05, 0) is 42.3 Å². The number of carbonyl (C=O) groups excluding carboxylic acids is 1. The number of anilines is 2. The summed E-state index contributed by atoms with van der Waals surface area (Å²) in [6.07, 6.45) is 6.16. The quantitative estimate of drug-likeness (QED) is 0.204. The van der Waals surface area contributed by atoms with Crippen molar-refractivity contribution in [1.29, 1.82) is 0 Å². The smallest absolute Gasteiger partial charge is 0.315 e. The highest BCUT2D eigenvalue weighted by Crippen LogP contribution is 2.35. The van der Waals surface area contributed by atoms with Gasteiger partial charge < -0.3 is 15.2 Å². The van der Waals surface area contributed by atoms with Crippen molar-refractivity contribution in [3.05, 3.63) is 101 Å². The van der Waals surface area contributed by atoms with Gasteiger partial charge in [0, 0.05) is 18.3 Å². The fourth-order valence-corrected chi connectivity index (χ4v) is 5.06. The molecule has 1 aromatic heterocycles. The average molecular weight is 552 g/mol. The third kappa shape index (κ3) is 5.94. The van der Waals surface area contributed by atoms with Gasteiger partial charge in [0.15, 0.2) is 0 Å². The van der Waals surface area contributed by atoms with Crippen molar-refractivity contribution in [3.63, 3.8) is 0 Å². The molecule has 0 radical (unpaired) electrons. The molecule has 0 bridgehead atoms. The van der Waals surface area contributed by atoms with Crippen LogP contribution in [0, 0.1) is 16.0 Å². The molecule has 39 heavy (non-hydrogen) atoms. The molecular formula is C26H25N5O7S. The lowest BCUT2D eigenvalue weighted by Crippen LogP contribution is -2.53. The Bertz CT molecular complexity index is 1540. The van der Waals surface area contributed by atoms with Crippen molar-refractivity contribution in [1.82, 2.24) is 9.97 Å². The van der Waals surface area contributed by atoms with Gasteiger partial charge in [-0.1, -0.05) is 42.5 Å². The summed E-state index contributed by atoms with van der Waals surface area (Å²) in [6, 6.07) is 14.2. The molecule has 2 aromatic carbocycles. The molecule has 202 valence electrons. The summed E-state index contributed by atoms with van der Waals surface area (Å²) in [5, 5.41) is 25.4. The SMILES string of the molecule is COC(=O)[C@H]1C=C(c2ccccc2)C=CC1(O)C(C)Nc1nccc(NS(=O)(=O)c2ccc([N+](=O)[O-])cc2)n1.